The number of hydrogen-bond donors (Lipinski definition) is 1. The third-order valence-corrected chi connectivity index (χ3v) is 5.24. The fourth-order valence-corrected chi connectivity index (χ4v) is 3.71. The molecule has 0 aliphatic rings. The molecular formula is C25H26N4O4. The van der Waals surface area contributed by atoms with Crippen LogP contribution in [0.1, 0.15) is 6.92 Å². The number of rotatable bonds is 9. The number of ether oxygens (including phenoxy) is 2. The fraction of sp³-hybridized carbons (Fsp3) is 0.240. The smallest absolute Gasteiger partial charge is 0.277 e. The van der Waals surface area contributed by atoms with Crippen LogP contribution in [0, 0.1) is 0 Å². The van der Waals surface area contributed by atoms with Gasteiger partial charge in [-0.3, -0.25) is 14.2 Å². The lowest BCUT2D eigenvalue weighted by molar-refractivity contribution is -0.116. The minimum atomic E-state index is -0.273. The summed E-state index contributed by atoms with van der Waals surface area (Å²) in [4.78, 5) is 30.8. The summed E-state index contributed by atoms with van der Waals surface area (Å²) in [5, 5.41) is 2.89. The Morgan fingerprint density at radius 1 is 1.06 bits per heavy atom. The van der Waals surface area contributed by atoms with Crippen LogP contribution >= 0.6 is 0 Å². The summed E-state index contributed by atoms with van der Waals surface area (Å²) in [7, 11) is 1.58. The molecule has 0 atom stereocenters. The number of fused-ring (bicyclic) bond motifs is 1. The number of para-hydroxylation sites is 2. The van der Waals surface area contributed by atoms with Gasteiger partial charge in [0.15, 0.2) is 0 Å². The van der Waals surface area contributed by atoms with Crippen LogP contribution in [-0.4, -0.2) is 40.3 Å². The molecule has 2 aromatic heterocycles. The van der Waals surface area contributed by atoms with Gasteiger partial charge in [-0.25, -0.2) is 4.98 Å². The van der Waals surface area contributed by atoms with Crippen LogP contribution in [0.15, 0.2) is 71.9 Å². The van der Waals surface area contributed by atoms with E-state index >= 15 is 0 Å². The zero-order valence-electron chi connectivity index (χ0n) is 18.7. The van der Waals surface area contributed by atoms with Gasteiger partial charge in [-0.2, -0.15) is 0 Å². The van der Waals surface area contributed by atoms with Gasteiger partial charge >= 0.3 is 0 Å². The molecule has 8 nitrogen and oxygen atoms in total. The number of nitrogens with zero attached hydrogens (tertiary/aromatic N) is 3. The average molecular weight is 447 g/mol. The van der Waals surface area contributed by atoms with Crippen molar-refractivity contribution in [1.82, 2.24) is 14.1 Å². The highest BCUT2D eigenvalue weighted by molar-refractivity contribution is 5.96. The van der Waals surface area contributed by atoms with Gasteiger partial charge in [0, 0.05) is 18.9 Å². The Morgan fingerprint density at radius 2 is 1.82 bits per heavy atom. The van der Waals surface area contributed by atoms with E-state index in [4.69, 9.17) is 9.47 Å². The molecule has 2 heterocycles. The Balaban J connectivity index is 1.73. The monoisotopic (exact) mass is 446 g/mol. The van der Waals surface area contributed by atoms with Gasteiger partial charge in [0.1, 0.15) is 23.3 Å². The predicted octanol–water partition coefficient (Wildman–Crippen LogP) is 3.55. The molecule has 0 aliphatic heterocycles. The molecule has 4 rings (SSSR count). The lowest BCUT2D eigenvalue weighted by atomic mass is 10.1. The van der Waals surface area contributed by atoms with E-state index in [-0.39, 0.29) is 18.0 Å². The molecule has 1 amide bonds. The summed E-state index contributed by atoms with van der Waals surface area (Å²) >= 11 is 0. The van der Waals surface area contributed by atoms with E-state index in [1.165, 1.54) is 10.9 Å². The molecule has 8 heteroatoms. The van der Waals surface area contributed by atoms with E-state index in [1.54, 1.807) is 23.8 Å². The zero-order chi connectivity index (χ0) is 23.2. The van der Waals surface area contributed by atoms with Gasteiger partial charge in [0.25, 0.3) is 5.56 Å². The van der Waals surface area contributed by atoms with Crippen LogP contribution < -0.4 is 15.6 Å². The van der Waals surface area contributed by atoms with E-state index in [2.05, 4.69) is 10.3 Å². The summed E-state index contributed by atoms with van der Waals surface area (Å²) in [5.74, 6) is 0.324. The number of aromatic nitrogens is 3. The predicted molar refractivity (Wildman–Crippen MR) is 128 cm³/mol. The first kappa shape index (κ1) is 22.3. The van der Waals surface area contributed by atoms with Crippen LogP contribution in [0.4, 0.5) is 5.69 Å². The Labute approximate surface area is 191 Å². The second kappa shape index (κ2) is 10.1. The molecule has 0 aliphatic carbocycles. The minimum Gasteiger partial charge on any atom is -0.492 e. The highest BCUT2D eigenvalue weighted by Gasteiger charge is 2.18. The second-order valence-electron chi connectivity index (χ2n) is 7.45. The summed E-state index contributed by atoms with van der Waals surface area (Å²) in [6.45, 7) is 3.08. The van der Waals surface area contributed by atoms with Gasteiger partial charge < -0.3 is 19.4 Å². The second-order valence-corrected chi connectivity index (χ2v) is 7.45. The molecule has 0 bridgehead atoms. The number of methoxy groups -OCH3 is 1. The van der Waals surface area contributed by atoms with Gasteiger partial charge in [-0.1, -0.05) is 42.5 Å². The quantitative estimate of drug-likeness (QED) is 0.425. The Bertz CT molecular complexity index is 1310. The maximum Gasteiger partial charge on any atom is 0.277 e. The third-order valence-electron chi connectivity index (χ3n) is 5.24. The van der Waals surface area contributed by atoms with Crippen molar-refractivity contribution in [3.63, 3.8) is 0 Å². The van der Waals surface area contributed by atoms with Crippen LogP contribution in [0.5, 0.6) is 5.75 Å². The van der Waals surface area contributed by atoms with Crippen LogP contribution in [0.2, 0.25) is 0 Å². The molecule has 1 N–H and O–H groups in total. The summed E-state index contributed by atoms with van der Waals surface area (Å²) in [5.41, 5.74) is 3.01. The van der Waals surface area contributed by atoms with Gasteiger partial charge in [0.05, 0.1) is 31.8 Å². The van der Waals surface area contributed by atoms with Gasteiger partial charge in [-0.15, -0.1) is 0 Å². The van der Waals surface area contributed by atoms with Gasteiger partial charge in [0.2, 0.25) is 5.91 Å². The zero-order valence-corrected chi connectivity index (χ0v) is 18.7. The summed E-state index contributed by atoms with van der Waals surface area (Å²) in [6.07, 6.45) is 3.34. The van der Waals surface area contributed by atoms with E-state index in [0.717, 1.165) is 11.1 Å². The van der Waals surface area contributed by atoms with Crippen molar-refractivity contribution in [3.8, 4) is 16.9 Å². The Hall–Kier alpha value is -3.91. The highest BCUT2D eigenvalue weighted by Crippen LogP contribution is 2.28. The van der Waals surface area contributed by atoms with Crippen molar-refractivity contribution >= 4 is 22.6 Å². The first-order valence-corrected chi connectivity index (χ1v) is 10.8. The molecule has 0 fully saturated rings. The van der Waals surface area contributed by atoms with Crippen LogP contribution in [0.25, 0.3) is 22.2 Å². The SMILES string of the molecule is CCOc1ccccc1NC(=O)Cn1cc(-c2ccccc2)c2ncn(CCOC)c(=O)c21. The normalized spacial score (nSPS) is 11.0. The molecule has 0 saturated carbocycles. The van der Waals surface area contributed by atoms with E-state index < -0.39 is 0 Å². The van der Waals surface area contributed by atoms with Crippen LogP contribution in [0.3, 0.4) is 0 Å². The van der Waals surface area contributed by atoms with E-state index in [1.807, 2.05) is 55.6 Å². The highest BCUT2D eigenvalue weighted by atomic mass is 16.5. The van der Waals surface area contributed by atoms with E-state index in [9.17, 15) is 9.59 Å². The summed E-state index contributed by atoms with van der Waals surface area (Å²) < 4.78 is 13.9. The van der Waals surface area contributed by atoms with Crippen molar-refractivity contribution in [3.05, 3.63) is 77.5 Å². The molecule has 2 aromatic carbocycles. The lowest BCUT2D eigenvalue weighted by Crippen LogP contribution is -2.26. The standard InChI is InChI=1S/C25H26N4O4/c1-3-33-21-12-8-7-11-20(21)27-22(30)16-29-15-19(18-9-5-4-6-10-18)23-24(29)25(31)28(17-26-23)13-14-32-2/h4-12,15,17H,3,13-14,16H2,1-2H3,(H,27,30). The number of amides is 1. The topological polar surface area (TPSA) is 87.4 Å². The number of benzene rings is 2. The number of anilines is 1. The average Bonchev–Trinajstić information content (AvgIpc) is 3.19. The van der Waals surface area contributed by atoms with Crippen molar-refractivity contribution in [1.29, 1.82) is 0 Å². The Kier molecular flexibility index (Phi) is 6.85. The fourth-order valence-electron chi connectivity index (χ4n) is 3.71. The van der Waals surface area contributed by atoms with Crippen molar-refractivity contribution < 1.29 is 14.3 Å². The number of hydrogen-bond acceptors (Lipinski definition) is 5. The van der Waals surface area contributed by atoms with Crippen LogP contribution in [-0.2, 0) is 22.6 Å². The largest absolute Gasteiger partial charge is 0.492 e. The van der Waals surface area contributed by atoms with Crippen molar-refractivity contribution in [2.45, 2.75) is 20.0 Å². The van der Waals surface area contributed by atoms with Crippen molar-refractivity contribution in [2.75, 3.05) is 25.6 Å². The number of nitrogens with one attached hydrogen (secondary N) is 1. The van der Waals surface area contributed by atoms with Gasteiger partial charge in [-0.05, 0) is 24.6 Å². The first-order chi connectivity index (χ1) is 16.1. The molecule has 170 valence electrons. The lowest BCUT2D eigenvalue weighted by Gasteiger charge is -2.12. The molecule has 0 radical (unpaired) electrons. The maximum absolute atomic E-state index is 13.3. The molecular weight excluding hydrogens is 420 g/mol. The van der Waals surface area contributed by atoms with Crippen molar-refractivity contribution in [2.24, 2.45) is 0 Å². The number of carbonyl (C=O) groups excluding carboxylic acids is 1. The third kappa shape index (κ3) is 4.80. The number of carbonyl (C=O) groups is 1. The molecule has 33 heavy (non-hydrogen) atoms. The maximum atomic E-state index is 13.3. The molecule has 0 spiro atoms. The first-order valence-electron chi connectivity index (χ1n) is 10.8. The molecule has 0 unspecified atom stereocenters. The minimum absolute atomic E-state index is 0.0466. The molecule has 4 aromatic rings. The molecule has 0 saturated heterocycles. The summed E-state index contributed by atoms with van der Waals surface area (Å²) in [6, 6.07) is 16.9. The Morgan fingerprint density at radius 3 is 2.58 bits per heavy atom. The van der Waals surface area contributed by atoms with E-state index in [0.29, 0.717) is 42.2 Å².